The normalized spacial score (nSPS) is 13.3. The predicted molar refractivity (Wildman–Crippen MR) is 87.2 cm³/mol. The Morgan fingerprint density at radius 1 is 1.39 bits per heavy atom. The van der Waals surface area contributed by atoms with Gasteiger partial charge in [-0.1, -0.05) is 0 Å². The van der Waals surface area contributed by atoms with Crippen molar-refractivity contribution >= 4 is 23.2 Å². The van der Waals surface area contributed by atoms with Crippen molar-refractivity contribution < 1.29 is 19.1 Å². The third-order valence-electron chi connectivity index (χ3n) is 3.28. The summed E-state index contributed by atoms with van der Waals surface area (Å²) >= 11 is 1.45. The molecule has 2 aromatic rings. The Kier molecular flexibility index (Phi) is 6.37. The number of furan rings is 1. The fourth-order valence-corrected chi connectivity index (χ4v) is 2.76. The minimum atomic E-state index is -0.751. The molecule has 0 aliphatic carbocycles. The van der Waals surface area contributed by atoms with Crippen LogP contribution in [0.2, 0.25) is 0 Å². The number of thiophene rings is 1. The molecule has 0 saturated carbocycles. The lowest BCUT2D eigenvalue weighted by atomic mass is 10.1. The van der Waals surface area contributed by atoms with Gasteiger partial charge in [-0.25, -0.2) is 0 Å². The van der Waals surface area contributed by atoms with Crippen LogP contribution in [0.15, 0.2) is 39.6 Å². The average Bonchev–Trinajstić information content (AvgIpc) is 3.20. The Bertz CT molecular complexity index is 610. The van der Waals surface area contributed by atoms with E-state index in [1.54, 1.807) is 23.6 Å². The van der Waals surface area contributed by atoms with Crippen LogP contribution in [0, 0.1) is 0 Å². The molecule has 124 valence electrons. The van der Waals surface area contributed by atoms with Gasteiger partial charge < -0.3 is 20.2 Å². The first-order valence-electron chi connectivity index (χ1n) is 7.37. The van der Waals surface area contributed by atoms with Crippen LogP contribution in [-0.4, -0.2) is 29.5 Å². The maximum Gasteiger partial charge on any atom is 0.252 e. The van der Waals surface area contributed by atoms with E-state index in [0.717, 1.165) is 0 Å². The van der Waals surface area contributed by atoms with Crippen molar-refractivity contribution in [1.82, 2.24) is 10.6 Å². The van der Waals surface area contributed by atoms with Crippen LogP contribution in [0.25, 0.3) is 0 Å². The minimum absolute atomic E-state index is 0.172. The number of hydrogen-bond donors (Lipinski definition) is 3. The third-order valence-corrected chi connectivity index (χ3v) is 3.96. The van der Waals surface area contributed by atoms with E-state index < -0.39 is 6.10 Å². The molecule has 23 heavy (non-hydrogen) atoms. The van der Waals surface area contributed by atoms with Crippen molar-refractivity contribution in [2.75, 3.05) is 6.54 Å². The standard InChI is InChI=1S/C16H20N2O4S/c1-11(9-13(19)14-3-2-7-22-14)18-15(20)4-6-17-16(21)12-5-8-23-10-12/h2-3,5,7-8,10-11,13,19H,4,6,9H2,1H3,(H,17,21)(H,18,20). The number of aliphatic hydroxyl groups excluding tert-OH is 1. The molecule has 0 aliphatic heterocycles. The zero-order chi connectivity index (χ0) is 16.7. The van der Waals surface area contributed by atoms with E-state index in [4.69, 9.17) is 4.42 Å². The number of carbonyl (C=O) groups excluding carboxylic acids is 2. The molecule has 0 radical (unpaired) electrons. The van der Waals surface area contributed by atoms with Crippen molar-refractivity contribution in [3.63, 3.8) is 0 Å². The Morgan fingerprint density at radius 2 is 2.22 bits per heavy atom. The second-order valence-electron chi connectivity index (χ2n) is 5.25. The summed E-state index contributed by atoms with van der Waals surface area (Å²) in [6.07, 6.45) is 1.30. The quantitative estimate of drug-likeness (QED) is 0.688. The number of hydrogen-bond acceptors (Lipinski definition) is 5. The summed E-state index contributed by atoms with van der Waals surface area (Å²) in [5.41, 5.74) is 0.602. The number of nitrogens with one attached hydrogen (secondary N) is 2. The molecular weight excluding hydrogens is 316 g/mol. The van der Waals surface area contributed by atoms with Crippen molar-refractivity contribution in [3.05, 3.63) is 46.5 Å². The highest BCUT2D eigenvalue weighted by Gasteiger charge is 2.16. The molecule has 0 bridgehead atoms. The summed E-state index contributed by atoms with van der Waals surface area (Å²) in [5.74, 6) is 0.129. The van der Waals surface area contributed by atoms with Gasteiger partial charge in [0.2, 0.25) is 5.91 Å². The number of amides is 2. The molecule has 2 aromatic heterocycles. The summed E-state index contributed by atoms with van der Waals surface area (Å²) in [6.45, 7) is 2.09. The van der Waals surface area contributed by atoms with Gasteiger partial charge in [0, 0.05) is 36.4 Å². The van der Waals surface area contributed by atoms with Crippen molar-refractivity contribution in [3.8, 4) is 0 Å². The zero-order valence-electron chi connectivity index (χ0n) is 12.8. The molecule has 0 spiro atoms. The van der Waals surface area contributed by atoms with E-state index in [9.17, 15) is 14.7 Å². The SMILES string of the molecule is CC(CC(O)c1ccco1)NC(=O)CCNC(=O)c1ccsc1. The van der Waals surface area contributed by atoms with Gasteiger partial charge >= 0.3 is 0 Å². The highest BCUT2D eigenvalue weighted by atomic mass is 32.1. The molecule has 2 amide bonds. The number of rotatable bonds is 8. The number of carbonyl (C=O) groups is 2. The van der Waals surface area contributed by atoms with Crippen molar-refractivity contribution in [2.24, 2.45) is 0 Å². The molecular formula is C16H20N2O4S. The third kappa shape index (κ3) is 5.54. The van der Waals surface area contributed by atoms with Crippen LogP contribution in [0.4, 0.5) is 0 Å². The maximum atomic E-state index is 11.8. The molecule has 0 fully saturated rings. The second-order valence-corrected chi connectivity index (χ2v) is 6.03. The monoisotopic (exact) mass is 336 g/mol. The van der Waals surface area contributed by atoms with Gasteiger partial charge in [-0.05, 0) is 30.5 Å². The van der Waals surface area contributed by atoms with Crippen molar-refractivity contribution in [2.45, 2.75) is 31.9 Å². The summed E-state index contributed by atoms with van der Waals surface area (Å²) in [5, 5.41) is 19.0. The molecule has 6 nitrogen and oxygen atoms in total. The average molecular weight is 336 g/mol. The molecule has 0 aromatic carbocycles. The Morgan fingerprint density at radius 3 is 2.87 bits per heavy atom. The van der Waals surface area contributed by atoms with Gasteiger partial charge in [0.25, 0.3) is 5.91 Å². The molecule has 0 aliphatic rings. The molecule has 2 rings (SSSR count). The topological polar surface area (TPSA) is 91.6 Å². The van der Waals surface area contributed by atoms with Crippen LogP contribution in [0.5, 0.6) is 0 Å². The highest BCUT2D eigenvalue weighted by molar-refractivity contribution is 7.08. The lowest BCUT2D eigenvalue weighted by molar-refractivity contribution is -0.121. The van der Waals surface area contributed by atoms with Gasteiger partial charge in [0.1, 0.15) is 11.9 Å². The van der Waals surface area contributed by atoms with Crippen molar-refractivity contribution in [1.29, 1.82) is 0 Å². The van der Waals surface area contributed by atoms with E-state index in [-0.39, 0.29) is 30.8 Å². The zero-order valence-corrected chi connectivity index (χ0v) is 13.6. The van der Waals surface area contributed by atoms with Gasteiger partial charge in [0.05, 0.1) is 6.26 Å². The first-order valence-corrected chi connectivity index (χ1v) is 8.31. The minimum Gasteiger partial charge on any atom is -0.467 e. The first-order chi connectivity index (χ1) is 11.1. The molecule has 3 N–H and O–H groups in total. The van der Waals surface area contributed by atoms with Gasteiger partial charge in [-0.15, -0.1) is 0 Å². The summed E-state index contributed by atoms with van der Waals surface area (Å²) in [6, 6.07) is 4.94. The van der Waals surface area contributed by atoms with E-state index in [0.29, 0.717) is 17.7 Å². The molecule has 0 saturated heterocycles. The Labute approximate surface area is 138 Å². The van der Waals surface area contributed by atoms with E-state index >= 15 is 0 Å². The first kappa shape index (κ1) is 17.2. The maximum absolute atomic E-state index is 11.8. The smallest absolute Gasteiger partial charge is 0.252 e. The molecule has 2 atom stereocenters. The number of aliphatic hydroxyl groups is 1. The predicted octanol–water partition coefficient (Wildman–Crippen LogP) is 2.09. The summed E-state index contributed by atoms with van der Waals surface area (Å²) in [4.78, 5) is 23.5. The van der Waals surface area contributed by atoms with Crippen LogP contribution >= 0.6 is 11.3 Å². The second kappa shape index (κ2) is 8.50. The fourth-order valence-electron chi connectivity index (χ4n) is 2.12. The van der Waals surface area contributed by atoms with E-state index in [1.165, 1.54) is 17.6 Å². The van der Waals surface area contributed by atoms with E-state index in [2.05, 4.69) is 10.6 Å². The van der Waals surface area contributed by atoms with Gasteiger partial charge in [0.15, 0.2) is 0 Å². The molecule has 2 unspecified atom stereocenters. The van der Waals surface area contributed by atoms with Crippen LogP contribution in [-0.2, 0) is 4.79 Å². The lowest BCUT2D eigenvalue weighted by Crippen LogP contribution is -2.36. The molecule has 2 heterocycles. The largest absolute Gasteiger partial charge is 0.467 e. The molecule has 7 heteroatoms. The van der Waals surface area contributed by atoms with Crippen LogP contribution in [0.1, 0.15) is 42.0 Å². The Balaban J connectivity index is 1.65. The highest BCUT2D eigenvalue weighted by Crippen LogP contribution is 2.18. The summed E-state index contributed by atoms with van der Waals surface area (Å²) < 4.78 is 5.12. The van der Waals surface area contributed by atoms with E-state index in [1.807, 2.05) is 12.3 Å². The Hall–Kier alpha value is -2.12. The van der Waals surface area contributed by atoms with Gasteiger partial charge in [-0.3, -0.25) is 9.59 Å². The summed E-state index contributed by atoms with van der Waals surface area (Å²) in [7, 11) is 0. The lowest BCUT2D eigenvalue weighted by Gasteiger charge is -2.16. The van der Waals surface area contributed by atoms with Crippen LogP contribution in [0.3, 0.4) is 0 Å². The van der Waals surface area contributed by atoms with Crippen LogP contribution < -0.4 is 10.6 Å². The fraction of sp³-hybridized carbons (Fsp3) is 0.375. The van der Waals surface area contributed by atoms with Gasteiger partial charge in [-0.2, -0.15) is 11.3 Å².